The molecule has 1 N–H and O–H groups in total. The maximum absolute atomic E-state index is 13.7. The molecule has 2 aromatic heterocycles. The molecule has 116 valence electrons. The van der Waals surface area contributed by atoms with E-state index in [0.29, 0.717) is 16.0 Å². The molecule has 0 spiro atoms. The number of ether oxygens (including phenoxy) is 1. The predicted molar refractivity (Wildman–Crippen MR) is 89.0 cm³/mol. The molecule has 2 heterocycles. The highest BCUT2D eigenvalue weighted by Gasteiger charge is 2.14. The van der Waals surface area contributed by atoms with E-state index in [4.69, 9.17) is 4.74 Å². The van der Waals surface area contributed by atoms with Crippen LogP contribution in [0, 0.1) is 11.6 Å². The quantitative estimate of drug-likeness (QED) is 0.569. The Morgan fingerprint density at radius 3 is 2.48 bits per heavy atom. The lowest BCUT2D eigenvalue weighted by molar-refractivity contribution is 0.419. The molecule has 0 bridgehead atoms. The Hall–Kier alpha value is -2.32. The summed E-state index contributed by atoms with van der Waals surface area (Å²) in [5.41, 5.74) is 0.761. The highest BCUT2D eigenvalue weighted by molar-refractivity contribution is 7.24. The smallest absolute Gasteiger partial charge is 0.190 e. The molecule has 0 fully saturated rings. The lowest BCUT2D eigenvalue weighted by Crippen LogP contribution is -1.88. The number of thiazole rings is 2. The van der Waals surface area contributed by atoms with Crippen molar-refractivity contribution in [2.75, 3.05) is 12.4 Å². The van der Waals surface area contributed by atoms with E-state index in [0.717, 1.165) is 33.7 Å². The van der Waals surface area contributed by atoms with Crippen LogP contribution in [-0.4, -0.2) is 17.1 Å². The molecule has 0 unspecified atom stereocenters. The number of nitrogens with zero attached hydrogens (tertiary/aromatic N) is 2. The standard InChI is InChI=1S/C15H9F2N3OS2/c1-21-9-3-2-4-10-12(9)19-14(22-10)20-15-18-11-7(16)5-6-8(17)13(11)23-15/h2-6H,1H3,(H,18,19,20). The lowest BCUT2D eigenvalue weighted by atomic mass is 10.3. The predicted octanol–water partition coefficient (Wildman–Crippen LogP) is 4.94. The van der Waals surface area contributed by atoms with Crippen LogP contribution in [0.4, 0.5) is 19.0 Å². The molecular formula is C15H9F2N3OS2. The average molecular weight is 349 g/mol. The van der Waals surface area contributed by atoms with Crippen LogP contribution in [0.25, 0.3) is 20.4 Å². The van der Waals surface area contributed by atoms with E-state index in [2.05, 4.69) is 15.3 Å². The zero-order valence-corrected chi connectivity index (χ0v) is 13.4. The van der Waals surface area contributed by atoms with Crippen LogP contribution in [0.15, 0.2) is 30.3 Å². The summed E-state index contributed by atoms with van der Waals surface area (Å²) in [5.74, 6) is -0.359. The van der Waals surface area contributed by atoms with E-state index in [-0.39, 0.29) is 10.2 Å². The van der Waals surface area contributed by atoms with Crippen molar-refractivity contribution in [3.8, 4) is 5.75 Å². The van der Waals surface area contributed by atoms with Crippen molar-refractivity contribution in [1.29, 1.82) is 0 Å². The van der Waals surface area contributed by atoms with Crippen LogP contribution < -0.4 is 10.1 Å². The third kappa shape index (κ3) is 2.40. The van der Waals surface area contributed by atoms with Gasteiger partial charge >= 0.3 is 0 Å². The van der Waals surface area contributed by atoms with Crippen LogP contribution in [0.1, 0.15) is 0 Å². The van der Waals surface area contributed by atoms with E-state index in [1.165, 1.54) is 11.3 Å². The summed E-state index contributed by atoms with van der Waals surface area (Å²) < 4.78 is 33.8. The fourth-order valence-corrected chi connectivity index (χ4v) is 4.06. The molecule has 4 nitrogen and oxygen atoms in total. The highest BCUT2D eigenvalue weighted by Crippen LogP contribution is 2.36. The average Bonchev–Trinajstić information content (AvgIpc) is 3.15. The van der Waals surface area contributed by atoms with Gasteiger partial charge in [0.15, 0.2) is 16.1 Å². The van der Waals surface area contributed by atoms with Gasteiger partial charge < -0.3 is 10.1 Å². The number of para-hydroxylation sites is 1. The Bertz CT molecular complexity index is 989. The van der Waals surface area contributed by atoms with E-state index in [1.807, 2.05) is 18.2 Å². The number of nitrogens with one attached hydrogen (secondary N) is 1. The van der Waals surface area contributed by atoms with Crippen molar-refractivity contribution in [3.05, 3.63) is 42.0 Å². The van der Waals surface area contributed by atoms with Gasteiger partial charge in [0, 0.05) is 0 Å². The Balaban J connectivity index is 1.76. The van der Waals surface area contributed by atoms with Gasteiger partial charge in [-0.3, -0.25) is 0 Å². The normalized spacial score (nSPS) is 11.3. The van der Waals surface area contributed by atoms with Crippen molar-refractivity contribution in [2.24, 2.45) is 0 Å². The first-order valence-electron chi connectivity index (χ1n) is 6.61. The molecule has 23 heavy (non-hydrogen) atoms. The SMILES string of the molecule is COc1cccc2sc(Nc3nc4c(F)ccc(F)c4s3)nc12. The molecule has 0 radical (unpaired) electrons. The van der Waals surface area contributed by atoms with Crippen LogP contribution in [0.5, 0.6) is 5.75 Å². The summed E-state index contributed by atoms with van der Waals surface area (Å²) >= 11 is 2.47. The fourth-order valence-electron chi connectivity index (χ4n) is 2.23. The van der Waals surface area contributed by atoms with Crippen molar-refractivity contribution in [3.63, 3.8) is 0 Å². The van der Waals surface area contributed by atoms with Crippen molar-refractivity contribution < 1.29 is 13.5 Å². The van der Waals surface area contributed by atoms with Crippen LogP contribution >= 0.6 is 22.7 Å². The number of methoxy groups -OCH3 is 1. The molecule has 0 amide bonds. The van der Waals surface area contributed by atoms with E-state index >= 15 is 0 Å². The van der Waals surface area contributed by atoms with Gasteiger partial charge in [0.25, 0.3) is 0 Å². The van der Waals surface area contributed by atoms with Crippen LogP contribution in [0.2, 0.25) is 0 Å². The first kappa shape index (κ1) is 14.3. The summed E-state index contributed by atoms with van der Waals surface area (Å²) in [7, 11) is 1.58. The van der Waals surface area contributed by atoms with Gasteiger partial charge in [0.05, 0.1) is 16.5 Å². The Morgan fingerprint density at radius 2 is 1.70 bits per heavy atom. The maximum Gasteiger partial charge on any atom is 0.190 e. The minimum atomic E-state index is -0.545. The molecule has 4 aromatic rings. The minimum Gasteiger partial charge on any atom is -0.494 e. The number of hydrogen-bond donors (Lipinski definition) is 1. The molecule has 0 aliphatic rings. The summed E-state index contributed by atoms with van der Waals surface area (Å²) in [6, 6.07) is 7.81. The summed E-state index contributed by atoms with van der Waals surface area (Å²) in [5, 5.41) is 3.99. The van der Waals surface area contributed by atoms with Crippen molar-refractivity contribution >= 4 is 53.4 Å². The van der Waals surface area contributed by atoms with Crippen LogP contribution in [0.3, 0.4) is 0 Å². The zero-order valence-electron chi connectivity index (χ0n) is 11.8. The zero-order chi connectivity index (χ0) is 16.0. The van der Waals surface area contributed by atoms with Gasteiger partial charge in [-0.15, -0.1) is 0 Å². The molecule has 4 rings (SSSR count). The fraction of sp³-hybridized carbons (Fsp3) is 0.0667. The number of hydrogen-bond acceptors (Lipinski definition) is 6. The second-order valence-electron chi connectivity index (χ2n) is 4.68. The maximum atomic E-state index is 13.7. The molecule has 8 heteroatoms. The Kier molecular flexibility index (Phi) is 3.35. The van der Waals surface area contributed by atoms with Crippen LogP contribution in [-0.2, 0) is 0 Å². The van der Waals surface area contributed by atoms with Gasteiger partial charge in [0.2, 0.25) is 0 Å². The number of rotatable bonds is 3. The monoisotopic (exact) mass is 349 g/mol. The van der Waals surface area contributed by atoms with Gasteiger partial charge in [-0.05, 0) is 24.3 Å². The summed E-state index contributed by atoms with van der Waals surface area (Å²) in [6.07, 6.45) is 0. The number of aromatic nitrogens is 2. The lowest BCUT2D eigenvalue weighted by Gasteiger charge is -1.98. The highest BCUT2D eigenvalue weighted by atomic mass is 32.1. The molecular weight excluding hydrogens is 340 g/mol. The Labute approximate surface area is 137 Å². The van der Waals surface area contributed by atoms with E-state index in [9.17, 15) is 8.78 Å². The molecule has 0 saturated carbocycles. The minimum absolute atomic E-state index is 0.0243. The number of benzene rings is 2. The summed E-state index contributed by atoms with van der Waals surface area (Å²) in [4.78, 5) is 8.56. The number of fused-ring (bicyclic) bond motifs is 2. The largest absolute Gasteiger partial charge is 0.494 e. The van der Waals surface area contributed by atoms with Crippen molar-refractivity contribution in [1.82, 2.24) is 9.97 Å². The van der Waals surface area contributed by atoms with E-state index < -0.39 is 11.6 Å². The van der Waals surface area contributed by atoms with Gasteiger partial charge in [-0.25, -0.2) is 18.7 Å². The molecule has 0 aliphatic carbocycles. The molecule has 0 saturated heterocycles. The van der Waals surface area contributed by atoms with Crippen molar-refractivity contribution in [2.45, 2.75) is 0 Å². The second-order valence-corrected chi connectivity index (χ2v) is 6.71. The number of halogens is 2. The third-order valence-electron chi connectivity index (χ3n) is 3.26. The van der Waals surface area contributed by atoms with E-state index in [1.54, 1.807) is 7.11 Å². The third-order valence-corrected chi connectivity index (χ3v) is 5.18. The number of anilines is 2. The molecule has 0 atom stereocenters. The van der Waals surface area contributed by atoms with Gasteiger partial charge in [-0.2, -0.15) is 0 Å². The van der Waals surface area contributed by atoms with Gasteiger partial charge in [0.1, 0.15) is 22.6 Å². The second kappa shape index (κ2) is 5.39. The summed E-state index contributed by atoms with van der Waals surface area (Å²) in [6.45, 7) is 0. The van der Waals surface area contributed by atoms with Gasteiger partial charge in [-0.1, -0.05) is 28.7 Å². The first-order valence-corrected chi connectivity index (χ1v) is 8.24. The topological polar surface area (TPSA) is 47.0 Å². The molecule has 0 aliphatic heterocycles. The first-order chi connectivity index (χ1) is 11.2. The Morgan fingerprint density at radius 1 is 0.957 bits per heavy atom. The molecule has 2 aromatic carbocycles.